The van der Waals surface area contributed by atoms with Crippen molar-refractivity contribution in [2.45, 2.75) is 97.1 Å². The Morgan fingerprint density at radius 3 is 2.21 bits per heavy atom. The molecule has 1 aromatic heterocycles. The summed E-state index contributed by atoms with van der Waals surface area (Å²) in [5, 5.41) is 9.54. The summed E-state index contributed by atoms with van der Waals surface area (Å²) < 4.78 is 6.39. The van der Waals surface area contributed by atoms with Crippen molar-refractivity contribution >= 4 is 46.9 Å². The second kappa shape index (κ2) is 16.2. The lowest BCUT2D eigenvalue weighted by atomic mass is 10.0. The van der Waals surface area contributed by atoms with Crippen molar-refractivity contribution in [3.63, 3.8) is 0 Å². The van der Waals surface area contributed by atoms with E-state index in [9.17, 15) is 24.0 Å². The van der Waals surface area contributed by atoms with Crippen LogP contribution in [0.25, 0.3) is 0 Å². The van der Waals surface area contributed by atoms with Crippen LogP contribution in [0.15, 0.2) is 24.4 Å². The van der Waals surface area contributed by atoms with Crippen LogP contribution in [0.3, 0.4) is 0 Å². The standard InChI is InChI=1S/C31H42ClN5O6/c1-5-6-7-8-9-10-11-12-13-14-17-33-28(39)22-15-16-24(32)25(18-22)35-29(40)26(37-30(41)21(3)43-31(37)42)27(38)23-19-34-36(4)20(23)2/h15-16,18-19,21,26H,5-14,17H2,1-4H3,(H,33,39)(H,35,40). The van der Waals surface area contributed by atoms with E-state index < -0.39 is 35.8 Å². The summed E-state index contributed by atoms with van der Waals surface area (Å²) in [6.07, 6.45) is 10.9. The first-order chi connectivity index (χ1) is 20.6. The number of aromatic nitrogens is 2. The highest BCUT2D eigenvalue weighted by Gasteiger charge is 2.49. The van der Waals surface area contributed by atoms with Gasteiger partial charge in [-0.15, -0.1) is 0 Å². The molecule has 2 unspecified atom stereocenters. The van der Waals surface area contributed by atoms with E-state index in [1.54, 1.807) is 14.0 Å². The van der Waals surface area contributed by atoms with Gasteiger partial charge in [-0.25, -0.2) is 9.69 Å². The average Bonchev–Trinajstić information content (AvgIpc) is 3.44. The molecule has 2 atom stereocenters. The fourth-order valence-corrected chi connectivity index (χ4v) is 5.06. The molecule has 234 valence electrons. The van der Waals surface area contributed by atoms with Crippen molar-refractivity contribution in [3.8, 4) is 0 Å². The molecule has 2 N–H and O–H groups in total. The van der Waals surface area contributed by atoms with E-state index in [4.69, 9.17) is 16.3 Å². The predicted molar refractivity (Wildman–Crippen MR) is 163 cm³/mol. The molecule has 1 aliphatic rings. The third kappa shape index (κ3) is 8.89. The van der Waals surface area contributed by atoms with Gasteiger partial charge in [0.25, 0.3) is 17.7 Å². The van der Waals surface area contributed by atoms with Gasteiger partial charge in [-0.2, -0.15) is 5.10 Å². The summed E-state index contributed by atoms with van der Waals surface area (Å²) >= 11 is 6.32. The fourth-order valence-electron chi connectivity index (χ4n) is 4.90. The first kappa shape index (κ1) is 33.8. The molecular weight excluding hydrogens is 574 g/mol. The maximum Gasteiger partial charge on any atom is 0.418 e. The number of halogens is 1. The van der Waals surface area contributed by atoms with E-state index in [0.29, 0.717) is 17.1 Å². The molecular formula is C31H42ClN5O6. The van der Waals surface area contributed by atoms with Gasteiger partial charge in [0.05, 0.1) is 22.5 Å². The summed E-state index contributed by atoms with van der Waals surface area (Å²) in [7, 11) is 1.62. The summed E-state index contributed by atoms with van der Waals surface area (Å²) in [5.74, 6) is -2.97. The molecule has 1 aromatic carbocycles. The van der Waals surface area contributed by atoms with E-state index in [1.807, 2.05) is 0 Å². The lowest BCUT2D eigenvalue weighted by Gasteiger charge is -2.22. The predicted octanol–water partition coefficient (Wildman–Crippen LogP) is 5.59. The van der Waals surface area contributed by atoms with Crippen molar-refractivity contribution in [3.05, 3.63) is 46.2 Å². The quantitative estimate of drug-likeness (QED) is 0.134. The Hall–Kier alpha value is -3.73. The zero-order chi connectivity index (χ0) is 31.5. The minimum absolute atomic E-state index is 0.0482. The number of nitrogens with one attached hydrogen (secondary N) is 2. The smallest absolute Gasteiger partial charge is 0.418 e. The Morgan fingerprint density at radius 1 is 1.02 bits per heavy atom. The van der Waals surface area contributed by atoms with Crippen molar-refractivity contribution in [2.75, 3.05) is 11.9 Å². The zero-order valence-corrected chi connectivity index (χ0v) is 26.2. The SMILES string of the molecule is CCCCCCCCCCCCNC(=O)c1ccc(Cl)c(NC(=O)C(C(=O)c2cnn(C)c2C)N2C(=O)OC(C)C2=O)c1. The maximum atomic E-state index is 13.5. The summed E-state index contributed by atoms with van der Waals surface area (Å²) in [6.45, 7) is 5.70. The molecule has 11 nitrogen and oxygen atoms in total. The number of cyclic esters (lactones) is 1. The Labute approximate surface area is 257 Å². The monoisotopic (exact) mass is 615 g/mol. The molecule has 12 heteroatoms. The van der Waals surface area contributed by atoms with E-state index in [2.05, 4.69) is 22.7 Å². The molecule has 2 aromatic rings. The third-order valence-electron chi connectivity index (χ3n) is 7.62. The molecule has 0 aliphatic carbocycles. The van der Waals surface area contributed by atoms with Crippen LogP contribution in [-0.2, 0) is 21.4 Å². The zero-order valence-electron chi connectivity index (χ0n) is 25.4. The van der Waals surface area contributed by atoms with Gasteiger partial charge in [-0.05, 0) is 38.5 Å². The fraction of sp³-hybridized carbons (Fsp3) is 0.548. The lowest BCUT2D eigenvalue weighted by molar-refractivity contribution is -0.133. The number of ether oxygens (including phenoxy) is 1. The van der Waals surface area contributed by atoms with Gasteiger partial charge in [0.2, 0.25) is 0 Å². The molecule has 4 amide bonds. The van der Waals surface area contributed by atoms with Gasteiger partial charge in [0.1, 0.15) is 0 Å². The Balaban J connectivity index is 1.62. The van der Waals surface area contributed by atoms with E-state index in [1.165, 1.54) is 80.9 Å². The first-order valence-corrected chi connectivity index (χ1v) is 15.4. The number of nitrogens with zero attached hydrogens (tertiary/aromatic N) is 3. The molecule has 43 heavy (non-hydrogen) atoms. The Bertz CT molecular complexity index is 1330. The minimum Gasteiger partial charge on any atom is -0.436 e. The number of ketones is 1. The topological polar surface area (TPSA) is 140 Å². The molecule has 0 radical (unpaired) electrons. The maximum absolute atomic E-state index is 13.5. The van der Waals surface area contributed by atoms with Gasteiger partial charge in [-0.1, -0.05) is 76.3 Å². The summed E-state index contributed by atoms with van der Waals surface area (Å²) in [6, 6.07) is 2.48. The van der Waals surface area contributed by atoms with E-state index in [0.717, 1.165) is 19.3 Å². The number of carbonyl (C=O) groups excluding carboxylic acids is 5. The number of Topliss-reactive ketones (excluding diaryl/α,β-unsaturated/α-hetero) is 1. The van der Waals surface area contributed by atoms with E-state index in [-0.39, 0.29) is 27.7 Å². The second-order valence-electron chi connectivity index (χ2n) is 10.9. The van der Waals surface area contributed by atoms with Gasteiger partial charge >= 0.3 is 6.09 Å². The number of carbonyl (C=O) groups is 5. The number of rotatable bonds is 17. The third-order valence-corrected chi connectivity index (χ3v) is 7.95. The number of anilines is 1. The highest BCUT2D eigenvalue weighted by Crippen LogP contribution is 2.26. The van der Waals surface area contributed by atoms with Gasteiger partial charge < -0.3 is 15.4 Å². The molecule has 0 saturated carbocycles. The number of imide groups is 1. The molecule has 1 saturated heterocycles. The molecule has 0 spiro atoms. The van der Waals surface area contributed by atoms with Crippen LogP contribution >= 0.6 is 11.6 Å². The van der Waals surface area contributed by atoms with Crippen LogP contribution < -0.4 is 10.6 Å². The van der Waals surface area contributed by atoms with Crippen LogP contribution in [0.1, 0.15) is 104 Å². The molecule has 3 rings (SSSR count). The second-order valence-corrected chi connectivity index (χ2v) is 11.3. The number of aryl methyl sites for hydroxylation is 1. The summed E-state index contributed by atoms with van der Waals surface area (Å²) in [5.41, 5.74) is 0.805. The van der Waals surface area contributed by atoms with Gasteiger partial charge in [0, 0.05) is 24.8 Å². The molecule has 0 bridgehead atoms. The Kier molecular flexibility index (Phi) is 12.7. The number of amides is 4. The van der Waals surface area contributed by atoms with Gasteiger partial charge in [-0.3, -0.25) is 23.9 Å². The highest BCUT2D eigenvalue weighted by molar-refractivity contribution is 6.34. The van der Waals surface area contributed by atoms with Crippen molar-refractivity contribution < 1.29 is 28.7 Å². The van der Waals surface area contributed by atoms with Crippen LogP contribution in [-0.4, -0.2) is 63.0 Å². The highest BCUT2D eigenvalue weighted by atomic mass is 35.5. The first-order valence-electron chi connectivity index (χ1n) is 15.0. The van der Waals surface area contributed by atoms with Crippen molar-refractivity contribution in [2.24, 2.45) is 7.05 Å². The molecule has 1 aliphatic heterocycles. The van der Waals surface area contributed by atoms with Crippen molar-refractivity contribution in [1.82, 2.24) is 20.0 Å². The number of unbranched alkanes of at least 4 members (excludes halogenated alkanes) is 9. The molecule has 1 fully saturated rings. The van der Waals surface area contributed by atoms with Gasteiger partial charge in [0.15, 0.2) is 17.9 Å². The van der Waals surface area contributed by atoms with Crippen LogP contribution in [0.5, 0.6) is 0 Å². The lowest BCUT2D eigenvalue weighted by Crippen LogP contribution is -2.52. The van der Waals surface area contributed by atoms with Crippen molar-refractivity contribution in [1.29, 1.82) is 0 Å². The van der Waals surface area contributed by atoms with Crippen LogP contribution in [0.4, 0.5) is 10.5 Å². The number of hydrogen-bond donors (Lipinski definition) is 2. The average molecular weight is 616 g/mol. The normalized spacial score (nSPS) is 15.4. The summed E-state index contributed by atoms with van der Waals surface area (Å²) in [4.78, 5) is 65.6. The van der Waals surface area contributed by atoms with Crippen LogP contribution in [0.2, 0.25) is 5.02 Å². The number of hydrogen-bond acceptors (Lipinski definition) is 7. The molecule has 2 heterocycles. The number of benzene rings is 1. The Morgan fingerprint density at radius 2 is 1.65 bits per heavy atom. The largest absolute Gasteiger partial charge is 0.436 e. The minimum atomic E-state index is -1.88. The van der Waals surface area contributed by atoms with E-state index >= 15 is 0 Å². The van der Waals surface area contributed by atoms with Crippen LogP contribution in [0, 0.1) is 6.92 Å².